The zero-order chi connectivity index (χ0) is 18.7. The molecular weight excluding hydrogens is 414 g/mol. The van der Waals surface area contributed by atoms with Crippen molar-refractivity contribution < 1.29 is 26.4 Å². The van der Waals surface area contributed by atoms with Crippen molar-refractivity contribution in [2.24, 2.45) is 23.0 Å². The Hall–Kier alpha value is -3.27. The van der Waals surface area contributed by atoms with E-state index in [1.165, 1.54) is 11.8 Å². The molecule has 0 atom stereocenters. The molecule has 27 heavy (non-hydrogen) atoms. The van der Waals surface area contributed by atoms with Gasteiger partial charge in [-0.15, -0.1) is 5.10 Å². The number of imidazole rings is 1. The van der Waals surface area contributed by atoms with E-state index in [1.807, 2.05) is 31.3 Å². The highest BCUT2D eigenvalue weighted by Crippen LogP contribution is 2.20. The van der Waals surface area contributed by atoms with Crippen LogP contribution in [0.25, 0.3) is 16.9 Å². The van der Waals surface area contributed by atoms with E-state index in [9.17, 15) is 10.1 Å². The predicted molar refractivity (Wildman–Crippen MR) is 98.1 cm³/mol. The third-order valence-corrected chi connectivity index (χ3v) is 3.85. The molecule has 140 valence electrons. The lowest BCUT2D eigenvalue weighted by molar-refractivity contribution is -0.525. The fraction of sp³-hybridized carbons (Fsp3) is 0.118. The highest BCUT2D eigenvalue weighted by Gasteiger charge is 2.15. The number of aryl methyl sites for hydroxylation is 2. The van der Waals surface area contributed by atoms with Crippen molar-refractivity contribution in [1.82, 2.24) is 9.99 Å². The van der Waals surface area contributed by atoms with Gasteiger partial charge in [0.1, 0.15) is 6.20 Å². The number of aromatic nitrogens is 2. The minimum absolute atomic E-state index is 0. The number of nitrogens with zero attached hydrogens (tertiary/aromatic N) is 5. The van der Waals surface area contributed by atoms with Crippen LogP contribution in [0.1, 0.15) is 11.1 Å². The average molecular weight is 432 g/mol. The average Bonchev–Trinajstić information content (AvgIpc) is 2.91. The van der Waals surface area contributed by atoms with E-state index in [-0.39, 0.29) is 22.9 Å². The zero-order valence-corrected chi connectivity index (χ0v) is 16.3. The first-order valence-electron chi connectivity index (χ1n) is 7.79. The van der Waals surface area contributed by atoms with Crippen LogP contribution < -0.4 is 32.5 Å². The Morgan fingerprint density at radius 2 is 1.96 bits per heavy atom. The number of hydrogen-bond donors (Lipinski definition) is 2. The summed E-state index contributed by atoms with van der Waals surface area (Å²) in [5.74, 6) is -0.384. The van der Waals surface area contributed by atoms with Gasteiger partial charge in [-0.25, -0.2) is 19.1 Å². The fourth-order valence-corrected chi connectivity index (χ4v) is 2.63. The molecule has 0 radical (unpaired) electrons. The first kappa shape index (κ1) is 20.0. The van der Waals surface area contributed by atoms with Gasteiger partial charge in [-0.1, -0.05) is 17.6 Å². The molecule has 0 saturated heterocycles. The molecule has 0 fully saturated rings. The Labute approximate surface area is 165 Å². The van der Waals surface area contributed by atoms with Gasteiger partial charge in [-0.05, 0) is 36.2 Å². The standard InChI is InChI=1S/C17H18N7O2.BrH/c1-12-3-8-16-22(2)15(11-23(16)10-12)14-6-4-13(5-7-14)9-19-20-17(18)21-24(25)26;/h3-11H,1-2H3,(H3,18,20,21);1H/q+1;/p-1/b19-9+;. The highest BCUT2D eigenvalue weighted by molar-refractivity contribution is 5.82. The number of hydrogen-bond acceptors (Lipinski definition) is 4. The van der Waals surface area contributed by atoms with Crippen molar-refractivity contribution in [2.75, 3.05) is 0 Å². The van der Waals surface area contributed by atoms with Gasteiger partial charge in [0.25, 0.3) is 11.6 Å². The monoisotopic (exact) mass is 431 g/mol. The molecule has 0 aliphatic rings. The number of nitrogens with one attached hydrogen (secondary N) is 1. The minimum Gasteiger partial charge on any atom is -1.00 e. The summed E-state index contributed by atoms with van der Waals surface area (Å²) in [6.07, 6.45) is 5.64. The summed E-state index contributed by atoms with van der Waals surface area (Å²) in [6.45, 7) is 2.06. The smallest absolute Gasteiger partial charge is 0.286 e. The lowest BCUT2D eigenvalue weighted by Crippen LogP contribution is -3.00. The summed E-state index contributed by atoms with van der Waals surface area (Å²) in [5, 5.41) is 16.6. The molecular formula is C17H18BrN7O2. The first-order valence-corrected chi connectivity index (χ1v) is 7.79. The van der Waals surface area contributed by atoms with Gasteiger partial charge >= 0.3 is 0 Å². The number of benzene rings is 1. The largest absolute Gasteiger partial charge is 1.00 e. The van der Waals surface area contributed by atoms with Crippen LogP contribution in [0, 0.1) is 17.0 Å². The Balaban J connectivity index is 0.00000261. The molecule has 0 aliphatic carbocycles. The molecule has 0 aliphatic heterocycles. The van der Waals surface area contributed by atoms with Gasteiger partial charge in [0.15, 0.2) is 10.7 Å². The van der Waals surface area contributed by atoms with Crippen LogP contribution in [-0.2, 0) is 7.05 Å². The number of fused-ring (bicyclic) bond motifs is 1. The topological polar surface area (TPSA) is 115 Å². The number of pyridine rings is 1. The van der Waals surface area contributed by atoms with E-state index in [0.29, 0.717) is 0 Å². The normalized spacial score (nSPS) is 11.6. The Bertz CT molecular complexity index is 1030. The summed E-state index contributed by atoms with van der Waals surface area (Å²) >= 11 is 0. The van der Waals surface area contributed by atoms with Gasteiger partial charge in [-0.3, -0.25) is 0 Å². The number of nitrogens with two attached hydrogens (primary N) is 1. The molecule has 0 unspecified atom stereocenters. The third-order valence-electron chi connectivity index (χ3n) is 3.85. The van der Waals surface area contributed by atoms with Gasteiger partial charge in [0, 0.05) is 11.6 Å². The van der Waals surface area contributed by atoms with Crippen LogP contribution >= 0.6 is 0 Å². The van der Waals surface area contributed by atoms with Crippen LogP contribution in [0.2, 0.25) is 0 Å². The lowest BCUT2D eigenvalue weighted by Gasteiger charge is -1.98. The van der Waals surface area contributed by atoms with Crippen LogP contribution in [0.3, 0.4) is 0 Å². The Kier molecular flexibility index (Phi) is 6.24. The summed E-state index contributed by atoms with van der Waals surface area (Å²) < 4.78 is 4.22. The first-order chi connectivity index (χ1) is 12.4. The maximum absolute atomic E-state index is 10.2. The van der Waals surface area contributed by atoms with E-state index < -0.39 is 5.03 Å². The second-order valence-corrected chi connectivity index (χ2v) is 5.77. The maximum Gasteiger partial charge on any atom is 0.286 e. The van der Waals surface area contributed by atoms with Crippen molar-refractivity contribution >= 4 is 17.8 Å². The van der Waals surface area contributed by atoms with Crippen molar-refractivity contribution in [2.45, 2.75) is 6.92 Å². The zero-order valence-electron chi connectivity index (χ0n) is 14.7. The number of rotatable bonds is 4. The number of nitro groups is 1. The number of guanidine groups is 1. The summed E-state index contributed by atoms with van der Waals surface area (Å²) in [5.41, 5.74) is 12.2. The van der Waals surface area contributed by atoms with Crippen LogP contribution in [0.5, 0.6) is 0 Å². The Morgan fingerprint density at radius 3 is 2.63 bits per heavy atom. The maximum atomic E-state index is 10.2. The van der Waals surface area contributed by atoms with Gasteiger partial charge in [-0.2, -0.15) is 5.10 Å². The molecule has 2 aromatic heterocycles. The van der Waals surface area contributed by atoms with Crippen LogP contribution in [-0.4, -0.2) is 21.8 Å². The molecule has 0 amide bonds. The van der Waals surface area contributed by atoms with E-state index >= 15 is 0 Å². The van der Waals surface area contributed by atoms with Crippen LogP contribution in [0.4, 0.5) is 0 Å². The van der Waals surface area contributed by atoms with Gasteiger partial charge in [0.05, 0.1) is 19.5 Å². The minimum atomic E-state index is -0.799. The molecule has 9 nitrogen and oxygen atoms in total. The van der Waals surface area contributed by atoms with Gasteiger partial charge in [0.2, 0.25) is 0 Å². The SMILES string of the molecule is Cc1ccc2n(C)c(-c3ccc(/C=N/N=C(\N)N[N+](=O)[O-])cc3)c[n+]2c1.[Br-]. The fourth-order valence-electron chi connectivity index (χ4n) is 2.63. The van der Waals surface area contributed by atoms with E-state index in [1.54, 1.807) is 5.43 Å². The van der Waals surface area contributed by atoms with E-state index in [4.69, 9.17) is 5.73 Å². The molecule has 0 saturated carbocycles. The Morgan fingerprint density at radius 1 is 1.26 bits per heavy atom. The summed E-state index contributed by atoms with van der Waals surface area (Å²) in [7, 11) is 2.02. The molecule has 3 rings (SSSR count). The predicted octanol–water partition coefficient (Wildman–Crippen LogP) is -1.83. The second kappa shape index (κ2) is 8.41. The molecule has 0 bridgehead atoms. The molecule has 0 spiro atoms. The molecule has 3 N–H and O–H groups in total. The number of halogens is 1. The summed E-state index contributed by atoms with van der Waals surface area (Å²) in [6, 6.07) is 11.9. The van der Waals surface area contributed by atoms with Gasteiger partial charge < -0.3 is 22.7 Å². The van der Waals surface area contributed by atoms with Crippen LogP contribution in [0.15, 0.2) is 59.0 Å². The molecule has 3 aromatic rings. The van der Waals surface area contributed by atoms with E-state index in [2.05, 4.69) is 50.6 Å². The number of hydrazine groups is 1. The molecule has 1 aromatic carbocycles. The van der Waals surface area contributed by atoms with Crippen molar-refractivity contribution in [1.29, 1.82) is 0 Å². The highest BCUT2D eigenvalue weighted by atomic mass is 79.9. The molecule has 10 heteroatoms. The van der Waals surface area contributed by atoms with Crippen molar-refractivity contribution in [3.8, 4) is 11.3 Å². The quantitative estimate of drug-likeness (QED) is 0.166. The lowest BCUT2D eigenvalue weighted by atomic mass is 10.1. The summed E-state index contributed by atoms with van der Waals surface area (Å²) in [4.78, 5) is 10.2. The third kappa shape index (κ3) is 4.67. The van der Waals surface area contributed by atoms with E-state index in [0.717, 1.165) is 22.5 Å². The van der Waals surface area contributed by atoms with Crippen molar-refractivity contribution in [3.05, 3.63) is 70.0 Å². The second-order valence-electron chi connectivity index (χ2n) is 5.77. The molecule has 2 heterocycles. The van der Waals surface area contributed by atoms with Crippen molar-refractivity contribution in [3.63, 3.8) is 0 Å².